The molecule has 0 heterocycles. The van der Waals surface area contributed by atoms with Gasteiger partial charge in [0.05, 0.1) is 18.9 Å². The van der Waals surface area contributed by atoms with Crippen LogP contribution in [0.4, 0.5) is 10.1 Å². The van der Waals surface area contributed by atoms with Gasteiger partial charge >= 0.3 is 0 Å². The lowest BCUT2D eigenvalue weighted by Crippen LogP contribution is -2.08. The molecule has 0 aliphatic heterocycles. The Bertz CT molecular complexity index is 638. The van der Waals surface area contributed by atoms with Gasteiger partial charge < -0.3 is 9.47 Å². The van der Waals surface area contributed by atoms with Gasteiger partial charge in [-0.25, -0.2) is 4.39 Å². The van der Waals surface area contributed by atoms with Crippen molar-refractivity contribution in [2.45, 2.75) is 20.0 Å². The third-order valence-corrected chi connectivity index (χ3v) is 2.74. The van der Waals surface area contributed by atoms with Gasteiger partial charge in [-0.3, -0.25) is 4.99 Å². The maximum absolute atomic E-state index is 13.1. The zero-order valence-corrected chi connectivity index (χ0v) is 12.3. The Hall–Kier alpha value is -2.36. The number of aliphatic imine (C=N–C) groups is 1. The van der Waals surface area contributed by atoms with Gasteiger partial charge in [0.2, 0.25) is 0 Å². The fourth-order valence-corrected chi connectivity index (χ4v) is 1.86. The number of methoxy groups -OCH3 is 1. The molecular formula is C17H18FNO2. The largest absolute Gasteiger partial charge is 0.493 e. The Morgan fingerprint density at radius 2 is 1.90 bits per heavy atom. The topological polar surface area (TPSA) is 30.8 Å². The first kappa shape index (κ1) is 15.0. The van der Waals surface area contributed by atoms with Gasteiger partial charge in [0.25, 0.3) is 0 Å². The van der Waals surface area contributed by atoms with Crippen LogP contribution in [0.3, 0.4) is 0 Å². The van der Waals surface area contributed by atoms with E-state index in [4.69, 9.17) is 9.47 Å². The van der Waals surface area contributed by atoms with E-state index in [2.05, 4.69) is 4.99 Å². The fourth-order valence-electron chi connectivity index (χ4n) is 1.86. The Morgan fingerprint density at radius 1 is 1.14 bits per heavy atom. The molecule has 0 saturated carbocycles. The second kappa shape index (κ2) is 6.88. The van der Waals surface area contributed by atoms with Crippen LogP contribution in [0, 0.1) is 5.82 Å². The van der Waals surface area contributed by atoms with Crippen molar-refractivity contribution in [3.8, 4) is 11.5 Å². The molecule has 110 valence electrons. The molecule has 0 spiro atoms. The Labute approximate surface area is 124 Å². The molecule has 4 heteroatoms. The molecule has 21 heavy (non-hydrogen) atoms. The Morgan fingerprint density at radius 3 is 2.57 bits per heavy atom. The molecule has 0 bridgehead atoms. The fraction of sp³-hybridized carbons (Fsp3) is 0.235. The van der Waals surface area contributed by atoms with Crippen molar-refractivity contribution in [3.63, 3.8) is 0 Å². The molecule has 0 aliphatic carbocycles. The summed E-state index contributed by atoms with van der Waals surface area (Å²) in [5, 5.41) is 0. The van der Waals surface area contributed by atoms with Crippen molar-refractivity contribution in [3.05, 3.63) is 53.8 Å². The molecule has 2 aromatic rings. The minimum Gasteiger partial charge on any atom is -0.493 e. The van der Waals surface area contributed by atoms with E-state index < -0.39 is 0 Å². The number of nitrogens with zero attached hydrogens (tertiary/aromatic N) is 1. The standard InChI is InChI=1S/C17H18FNO2/c1-12(2)21-17-13(6-4-9-16(17)20-3)11-19-15-8-5-7-14(18)10-15/h4-12H,1-3H3. The highest BCUT2D eigenvalue weighted by Gasteiger charge is 2.10. The highest BCUT2D eigenvalue weighted by molar-refractivity contribution is 5.86. The molecule has 0 atom stereocenters. The lowest BCUT2D eigenvalue weighted by atomic mass is 10.2. The predicted octanol–water partition coefficient (Wildman–Crippen LogP) is 4.37. The molecule has 2 aromatic carbocycles. The van der Waals surface area contributed by atoms with Gasteiger partial charge in [-0.2, -0.15) is 0 Å². The molecule has 0 N–H and O–H groups in total. The van der Waals surface area contributed by atoms with Gasteiger partial charge in [0, 0.05) is 11.8 Å². The van der Waals surface area contributed by atoms with Crippen LogP contribution in [0.2, 0.25) is 0 Å². The van der Waals surface area contributed by atoms with Crippen LogP contribution in [-0.2, 0) is 0 Å². The summed E-state index contributed by atoms with van der Waals surface area (Å²) in [5.74, 6) is 0.969. The molecule has 0 saturated heterocycles. The van der Waals surface area contributed by atoms with Crippen LogP contribution in [0.1, 0.15) is 19.4 Å². The molecule has 0 amide bonds. The van der Waals surface area contributed by atoms with E-state index in [0.29, 0.717) is 17.2 Å². The number of ether oxygens (including phenoxy) is 2. The highest BCUT2D eigenvalue weighted by Crippen LogP contribution is 2.31. The van der Waals surface area contributed by atoms with Gasteiger partial charge in [0.1, 0.15) is 5.82 Å². The van der Waals surface area contributed by atoms with Crippen molar-refractivity contribution in [1.82, 2.24) is 0 Å². The lowest BCUT2D eigenvalue weighted by molar-refractivity contribution is 0.230. The van der Waals surface area contributed by atoms with Crippen molar-refractivity contribution in [1.29, 1.82) is 0 Å². The summed E-state index contributed by atoms with van der Waals surface area (Å²) in [7, 11) is 1.59. The maximum Gasteiger partial charge on any atom is 0.170 e. The van der Waals surface area contributed by atoms with Crippen LogP contribution in [0.25, 0.3) is 0 Å². The first-order valence-electron chi connectivity index (χ1n) is 6.73. The van der Waals surface area contributed by atoms with E-state index in [-0.39, 0.29) is 11.9 Å². The normalized spacial score (nSPS) is 11.1. The van der Waals surface area contributed by atoms with E-state index in [9.17, 15) is 4.39 Å². The monoisotopic (exact) mass is 287 g/mol. The summed E-state index contributed by atoms with van der Waals surface area (Å²) in [6, 6.07) is 11.7. The van der Waals surface area contributed by atoms with E-state index >= 15 is 0 Å². The molecule has 0 aromatic heterocycles. The van der Waals surface area contributed by atoms with E-state index in [1.54, 1.807) is 25.5 Å². The summed E-state index contributed by atoms with van der Waals surface area (Å²) in [4.78, 5) is 4.28. The van der Waals surface area contributed by atoms with Gasteiger partial charge in [-0.1, -0.05) is 12.1 Å². The zero-order valence-electron chi connectivity index (χ0n) is 12.3. The van der Waals surface area contributed by atoms with Crippen LogP contribution in [0.15, 0.2) is 47.5 Å². The second-order valence-electron chi connectivity index (χ2n) is 4.78. The molecule has 0 aliphatic rings. The minimum atomic E-state index is -0.311. The first-order chi connectivity index (χ1) is 10.1. The van der Waals surface area contributed by atoms with Crippen molar-refractivity contribution in [2.75, 3.05) is 7.11 Å². The number of hydrogen-bond donors (Lipinski definition) is 0. The number of hydrogen-bond acceptors (Lipinski definition) is 3. The maximum atomic E-state index is 13.1. The van der Waals surface area contributed by atoms with Crippen LogP contribution < -0.4 is 9.47 Å². The van der Waals surface area contributed by atoms with Crippen LogP contribution in [0.5, 0.6) is 11.5 Å². The SMILES string of the molecule is COc1cccc(C=Nc2cccc(F)c2)c1OC(C)C. The van der Waals surface area contributed by atoms with E-state index in [1.165, 1.54) is 12.1 Å². The number of halogens is 1. The van der Waals surface area contributed by atoms with Crippen molar-refractivity contribution in [2.24, 2.45) is 4.99 Å². The third kappa shape index (κ3) is 4.05. The summed E-state index contributed by atoms with van der Waals surface area (Å²) < 4.78 is 24.2. The van der Waals surface area contributed by atoms with Gasteiger partial charge in [0.15, 0.2) is 11.5 Å². The average molecular weight is 287 g/mol. The summed E-state index contributed by atoms with van der Waals surface area (Å²) >= 11 is 0. The molecule has 0 fully saturated rings. The number of rotatable bonds is 5. The van der Waals surface area contributed by atoms with Crippen molar-refractivity contribution >= 4 is 11.9 Å². The molecule has 0 unspecified atom stereocenters. The molecule has 3 nitrogen and oxygen atoms in total. The summed E-state index contributed by atoms with van der Waals surface area (Å²) in [5.41, 5.74) is 1.33. The van der Waals surface area contributed by atoms with Crippen LogP contribution >= 0.6 is 0 Å². The molecule has 0 radical (unpaired) electrons. The highest BCUT2D eigenvalue weighted by atomic mass is 19.1. The Balaban J connectivity index is 2.34. The van der Waals surface area contributed by atoms with Crippen molar-refractivity contribution < 1.29 is 13.9 Å². The zero-order chi connectivity index (χ0) is 15.2. The quantitative estimate of drug-likeness (QED) is 0.764. The second-order valence-corrected chi connectivity index (χ2v) is 4.78. The van der Waals surface area contributed by atoms with E-state index in [1.807, 2.05) is 32.0 Å². The van der Waals surface area contributed by atoms with Crippen LogP contribution in [-0.4, -0.2) is 19.4 Å². The lowest BCUT2D eigenvalue weighted by Gasteiger charge is -2.15. The van der Waals surface area contributed by atoms with E-state index in [0.717, 1.165) is 5.56 Å². The molecule has 2 rings (SSSR count). The predicted molar refractivity (Wildman–Crippen MR) is 82.4 cm³/mol. The Kier molecular flexibility index (Phi) is 4.93. The summed E-state index contributed by atoms with van der Waals surface area (Å²) in [6.07, 6.45) is 1.66. The molecular weight excluding hydrogens is 269 g/mol. The van der Waals surface area contributed by atoms with Gasteiger partial charge in [-0.05, 0) is 44.2 Å². The smallest absolute Gasteiger partial charge is 0.170 e. The average Bonchev–Trinajstić information content (AvgIpc) is 2.45. The minimum absolute atomic E-state index is 0.0163. The third-order valence-electron chi connectivity index (χ3n) is 2.74. The summed E-state index contributed by atoms with van der Waals surface area (Å²) in [6.45, 7) is 3.89. The van der Waals surface area contributed by atoms with Gasteiger partial charge in [-0.15, -0.1) is 0 Å². The first-order valence-corrected chi connectivity index (χ1v) is 6.73. The number of para-hydroxylation sites is 1. The number of benzene rings is 2.